The lowest BCUT2D eigenvalue weighted by atomic mass is 9.95. The second kappa shape index (κ2) is 11.0. The molecule has 1 unspecified atom stereocenters. The van der Waals surface area contributed by atoms with Crippen LogP contribution in [0.3, 0.4) is 0 Å². The number of anilines is 1. The third kappa shape index (κ3) is 4.80. The first-order chi connectivity index (χ1) is 18.9. The van der Waals surface area contributed by atoms with Gasteiger partial charge in [0.25, 0.3) is 5.56 Å². The number of carbonyl (C=O) groups is 1. The molecule has 5 rings (SSSR count). The summed E-state index contributed by atoms with van der Waals surface area (Å²) in [4.78, 5) is 34.4. The van der Waals surface area contributed by atoms with Crippen molar-refractivity contribution in [3.8, 4) is 17.2 Å². The molecule has 2 aliphatic rings. The Balaban J connectivity index is 1.67. The molecule has 0 spiro atoms. The summed E-state index contributed by atoms with van der Waals surface area (Å²) in [5, 5.41) is 0. The van der Waals surface area contributed by atoms with Crippen LogP contribution in [-0.2, 0) is 9.53 Å². The van der Waals surface area contributed by atoms with E-state index in [1.165, 1.54) is 11.3 Å². The van der Waals surface area contributed by atoms with E-state index in [9.17, 15) is 9.59 Å². The van der Waals surface area contributed by atoms with Gasteiger partial charge in [0.15, 0.2) is 16.3 Å². The van der Waals surface area contributed by atoms with E-state index in [1.807, 2.05) is 30.3 Å². The van der Waals surface area contributed by atoms with E-state index in [4.69, 9.17) is 18.9 Å². The van der Waals surface area contributed by atoms with Gasteiger partial charge < -0.3 is 23.8 Å². The van der Waals surface area contributed by atoms with E-state index < -0.39 is 12.0 Å². The van der Waals surface area contributed by atoms with Crippen LogP contribution in [0, 0.1) is 0 Å². The van der Waals surface area contributed by atoms with Crippen LogP contribution in [0.4, 0.5) is 5.69 Å². The molecule has 3 heterocycles. The molecular formula is C29H31N3O6S. The van der Waals surface area contributed by atoms with Crippen molar-refractivity contribution >= 4 is 29.1 Å². The standard InChI is InChI=1S/C29H31N3O6S/c1-6-31(7-2)20-11-9-18(22(15-20)35-5)14-24-27(33)32-26(19-10-12-21-23(13-19)38-16-37-21)25(28(34)36-8-3)17(4)30-29(32)39-24/h9-15,26H,6-8,16H2,1-5H3. The van der Waals surface area contributed by atoms with Crippen molar-refractivity contribution in [1.82, 2.24) is 4.57 Å². The van der Waals surface area contributed by atoms with Gasteiger partial charge >= 0.3 is 5.97 Å². The Morgan fingerprint density at radius 2 is 1.92 bits per heavy atom. The van der Waals surface area contributed by atoms with Crippen LogP contribution in [0.15, 0.2) is 57.5 Å². The largest absolute Gasteiger partial charge is 0.496 e. The second-order valence-corrected chi connectivity index (χ2v) is 10.0. The summed E-state index contributed by atoms with van der Waals surface area (Å²) in [5.74, 6) is 1.33. The molecule has 0 amide bonds. The molecule has 0 fully saturated rings. The number of hydrogen-bond acceptors (Lipinski definition) is 9. The topological polar surface area (TPSA) is 91.6 Å². The quantitative estimate of drug-likeness (QED) is 0.398. The summed E-state index contributed by atoms with van der Waals surface area (Å²) in [6, 6.07) is 10.7. The number of benzene rings is 2. The lowest BCUT2D eigenvalue weighted by Gasteiger charge is -2.24. The van der Waals surface area contributed by atoms with Crippen LogP contribution >= 0.6 is 11.3 Å². The molecule has 204 valence electrons. The SMILES string of the molecule is CCOC(=O)C1=C(C)N=c2sc(=Cc3ccc(N(CC)CC)cc3OC)c(=O)n2C1c1ccc2c(c1)OCO2. The van der Waals surface area contributed by atoms with Crippen molar-refractivity contribution < 1.29 is 23.7 Å². The molecule has 0 saturated heterocycles. The number of allylic oxidation sites excluding steroid dienone is 1. The van der Waals surface area contributed by atoms with E-state index in [2.05, 4.69) is 23.7 Å². The van der Waals surface area contributed by atoms with Crippen LogP contribution in [0.5, 0.6) is 17.2 Å². The Bertz CT molecular complexity index is 1630. The predicted octanol–water partition coefficient (Wildman–Crippen LogP) is 3.38. The maximum absolute atomic E-state index is 13.9. The molecule has 0 radical (unpaired) electrons. The minimum atomic E-state index is -0.733. The minimum Gasteiger partial charge on any atom is -0.496 e. The number of carbonyl (C=O) groups excluding carboxylic acids is 1. The highest BCUT2D eigenvalue weighted by molar-refractivity contribution is 7.07. The summed E-state index contributed by atoms with van der Waals surface area (Å²) >= 11 is 1.27. The van der Waals surface area contributed by atoms with Crippen molar-refractivity contribution in [1.29, 1.82) is 0 Å². The summed E-state index contributed by atoms with van der Waals surface area (Å²) in [6.45, 7) is 9.80. The molecule has 1 aromatic heterocycles. The second-order valence-electron chi connectivity index (χ2n) is 9.01. The number of fused-ring (bicyclic) bond motifs is 2. The van der Waals surface area contributed by atoms with Gasteiger partial charge in [0, 0.05) is 30.4 Å². The van der Waals surface area contributed by atoms with Crippen molar-refractivity contribution in [2.45, 2.75) is 33.7 Å². The number of rotatable bonds is 8. The van der Waals surface area contributed by atoms with E-state index in [1.54, 1.807) is 37.7 Å². The van der Waals surface area contributed by atoms with Crippen LogP contribution in [0.1, 0.15) is 44.9 Å². The van der Waals surface area contributed by atoms with Gasteiger partial charge in [0.1, 0.15) is 5.75 Å². The fourth-order valence-electron chi connectivity index (χ4n) is 4.94. The zero-order chi connectivity index (χ0) is 27.7. The monoisotopic (exact) mass is 549 g/mol. The van der Waals surface area contributed by atoms with Crippen LogP contribution in [-0.4, -0.2) is 44.1 Å². The number of thiazole rings is 1. The van der Waals surface area contributed by atoms with Gasteiger partial charge in [-0.1, -0.05) is 17.4 Å². The first-order valence-electron chi connectivity index (χ1n) is 12.9. The molecule has 3 aromatic rings. The molecule has 0 bridgehead atoms. The third-order valence-corrected chi connectivity index (χ3v) is 7.84. The lowest BCUT2D eigenvalue weighted by molar-refractivity contribution is -0.139. The van der Waals surface area contributed by atoms with E-state index >= 15 is 0 Å². The lowest BCUT2D eigenvalue weighted by Crippen LogP contribution is -2.39. The number of nitrogens with zero attached hydrogens (tertiary/aromatic N) is 3. The normalized spacial score (nSPS) is 16.1. The van der Waals surface area contributed by atoms with Crippen molar-refractivity contribution in [2.24, 2.45) is 4.99 Å². The third-order valence-electron chi connectivity index (χ3n) is 6.86. The first kappa shape index (κ1) is 26.6. The molecule has 0 saturated carbocycles. The Morgan fingerprint density at radius 1 is 1.15 bits per heavy atom. The highest BCUT2D eigenvalue weighted by Crippen LogP contribution is 2.38. The Labute approximate surface area is 230 Å². The van der Waals surface area contributed by atoms with E-state index in [-0.39, 0.29) is 19.0 Å². The molecule has 2 aliphatic heterocycles. The summed E-state index contributed by atoms with van der Waals surface area (Å²) in [5.41, 5.74) is 3.09. The number of ether oxygens (including phenoxy) is 4. The average Bonchev–Trinajstić information content (AvgIpc) is 3.52. The van der Waals surface area contributed by atoms with Gasteiger partial charge in [-0.15, -0.1) is 0 Å². The predicted molar refractivity (Wildman–Crippen MR) is 150 cm³/mol. The minimum absolute atomic E-state index is 0.121. The molecule has 1 atom stereocenters. The zero-order valence-electron chi connectivity index (χ0n) is 22.6. The first-order valence-corrected chi connectivity index (χ1v) is 13.7. The fraction of sp³-hybridized carbons (Fsp3) is 0.345. The molecule has 0 N–H and O–H groups in total. The molecular weight excluding hydrogens is 518 g/mol. The van der Waals surface area contributed by atoms with Gasteiger partial charge in [0.2, 0.25) is 6.79 Å². The maximum atomic E-state index is 13.9. The Kier molecular flexibility index (Phi) is 7.47. The maximum Gasteiger partial charge on any atom is 0.338 e. The van der Waals surface area contributed by atoms with Gasteiger partial charge in [-0.05, 0) is 63.6 Å². The summed E-state index contributed by atoms with van der Waals surface area (Å²) in [6.07, 6.45) is 1.81. The smallest absolute Gasteiger partial charge is 0.338 e. The fourth-order valence-corrected chi connectivity index (χ4v) is 5.97. The van der Waals surface area contributed by atoms with Crippen LogP contribution < -0.4 is 34.0 Å². The average molecular weight is 550 g/mol. The van der Waals surface area contributed by atoms with Gasteiger partial charge in [-0.25, -0.2) is 9.79 Å². The number of methoxy groups -OCH3 is 1. The van der Waals surface area contributed by atoms with Crippen molar-refractivity contribution in [3.05, 3.63) is 78.5 Å². The van der Waals surface area contributed by atoms with Crippen LogP contribution in [0.25, 0.3) is 6.08 Å². The molecule has 10 heteroatoms. The van der Waals surface area contributed by atoms with Crippen molar-refractivity contribution in [2.75, 3.05) is 38.5 Å². The summed E-state index contributed by atoms with van der Waals surface area (Å²) in [7, 11) is 1.62. The van der Waals surface area contributed by atoms with Crippen molar-refractivity contribution in [3.63, 3.8) is 0 Å². The van der Waals surface area contributed by atoms with Gasteiger partial charge in [-0.2, -0.15) is 0 Å². The molecule has 39 heavy (non-hydrogen) atoms. The Hall–Kier alpha value is -4.05. The zero-order valence-corrected chi connectivity index (χ0v) is 23.5. The van der Waals surface area contributed by atoms with Gasteiger partial charge in [-0.3, -0.25) is 9.36 Å². The number of esters is 1. The van der Waals surface area contributed by atoms with E-state index in [0.29, 0.717) is 43.4 Å². The van der Waals surface area contributed by atoms with E-state index in [0.717, 1.165) is 24.3 Å². The molecule has 2 aromatic carbocycles. The Morgan fingerprint density at radius 3 is 2.64 bits per heavy atom. The summed E-state index contributed by atoms with van der Waals surface area (Å²) < 4.78 is 24.2. The molecule has 9 nitrogen and oxygen atoms in total. The highest BCUT2D eigenvalue weighted by Gasteiger charge is 2.34. The highest BCUT2D eigenvalue weighted by atomic mass is 32.1. The number of aromatic nitrogens is 1. The number of hydrogen-bond donors (Lipinski definition) is 0. The van der Waals surface area contributed by atoms with Gasteiger partial charge in [0.05, 0.1) is 35.6 Å². The molecule has 0 aliphatic carbocycles. The van der Waals surface area contributed by atoms with Crippen LogP contribution in [0.2, 0.25) is 0 Å².